The molecule has 0 unspecified atom stereocenters. The summed E-state index contributed by atoms with van der Waals surface area (Å²) in [5, 5.41) is 1.89. The Labute approximate surface area is 121 Å². The Hall–Kier alpha value is -2.34. The fraction of sp³-hybridized carbons (Fsp3) is 0.267. The van der Waals surface area contributed by atoms with E-state index in [1.807, 2.05) is 5.01 Å². The van der Waals surface area contributed by atoms with Gasteiger partial charge in [0, 0.05) is 31.0 Å². The zero-order valence-corrected chi connectivity index (χ0v) is 11.4. The van der Waals surface area contributed by atoms with E-state index in [2.05, 4.69) is 15.4 Å². The molecule has 0 bridgehead atoms. The summed E-state index contributed by atoms with van der Waals surface area (Å²) in [7, 11) is 0. The first-order valence-corrected chi connectivity index (χ1v) is 6.86. The molecule has 1 saturated heterocycles. The normalized spacial score (nSPS) is 15.1. The summed E-state index contributed by atoms with van der Waals surface area (Å²) in [4.78, 5) is 20.3. The molecule has 5 nitrogen and oxygen atoms in total. The van der Waals surface area contributed by atoms with E-state index in [9.17, 15) is 9.18 Å². The molecule has 1 aromatic carbocycles. The number of halogens is 1. The Bertz CT molecular complexity index is 638. The largest absolute Gasteiger partial charge is 0.285 e. The lowest BCUT2D eigenvalue weighted by molar-refractivity contribution is 0.0825. The van der Waals surface area contributed by atoms with E-state index in [1.54, 1.807) is 12.1 Å². The molecule has 0 atom stereocenters. The van der Waals surface area contributed by atoms with Crippen molar-refractivity contribution in [2.45, 2.75) is 12.8 Å². The fourth-order valence-electron chi connectivity index (χ4n) is 2.26. The summed E-state index contributed by atoms with van der Waals surface area (Å²) >= 11 is 0. The maximum Gasteiger partial charge on any atom is 0.268 e. The van der Waals surface area contributed by atoms with Crippen molar-refractivity contribution in [1.29, 1.82) is 0 Å². The smallest absolute Gasteiger partial charge is 0.268 e. The molecule has 1 amide bonds. The highest BCUT2D eigenvalue weighted by Crippen LogP contribution is 2.15. The van der Waals surface area contributed by atoms with Gasteiger partial charge in [-0.25, -0.2) is 19.4 Å². The van der Waals surface area contributed by atoms with Crippen LogP contribution in [0.3, 0.4) is 0 Å². The highest BCUT2D eigenvalue weighted by Gasteiger charge is 2.15. The second kappa shape index (κ2) is 5.97. The topological polar surface area (TPSA) is 58.1 Å². The summed E-state index contributed by atoms with van der Waals surface area (Å²) in [6, 6.07) is 6.05. The first-order valence-electron chi connectivity index (χ1n) is 6.86. The number of aromatic nitrogens is 2. The minimum Gasteiger partial charge on any atom is -0.285 e. The van der Waals surface area contributed by atoms with E-state index in [0.29, 0.717) is 17.0 Å². The number of carbonyl (C=O) groups is 1. The minimum atomic E-state index is -0.341. The van der Waals surface area contributed by atoms with Crippen LogP contribution < -0.4 is 5.43 Å². The summed E-state index contributed by atoms with van der Waals surface area (Å²) in [5.41, 5.74) is 3.79. The van der Waals surface area contributed by atoms with Gasteiger partial charge in [-0.1, -0.05) is 12.1 Å². The Morgan fingerprint density at radius 3 is 2.57 bits per heavy atom. The van der Waals surface area contributed by atoms with Crippen molar-refractivity contribution in [3.63, 3.8) is 0 Å². The molecular weight excluding hydrogens is 271 g/mol. The van der Waals surface area contributed by atoms with Gasteiger partial charge in [-0.15, -0.1) is 0 Å². The van der Waals surface area contributed by atoms with Crippen LogP contribution in [0.5, 0.6) is 0 Å². The molecule has 0 aliphatic carbocycles. The van der Waals surface area contributed by atoms with Crippen molar-refractivity contribution in [3.8, 4) is 11.4 Å². The molecular formula is C15H15FN4O. The van der Waals surface area contributed by atoms with E-state index in [-0.39, 0.29) is 11.7 Å². The number of rotatable bonds is 3. The second-order valence-electron chi connectivity index (χ2n) is 4.94. The number of amides is 1. The van der Waals surface area contributed by atoms with Crippen LogP contribution in [0, 0.1) is 5.82 Å². The highest BCUT2D eigenvalue weighted by molar-refractivity contribution is 5.93. The van der Waals surface area contributed by atoms with Crippen molar-refractivity contribution in [3.05, 3.63) is 48.0 Å². The molecule has 1 N–H and O–H groups in total. The third-order valence-corrected chi connectivity index (χ3v) is 3.36. The van der Waals surface area contributed by atoms with E-state index < -0.39 is 0 Å². The fourth-order valence-corrected chi connectivity index (χ4v) is 2.26. The molecule has 2 aromatic rings. The molecule has 21 heavy (non-hydrogen) atoms. The van der Waals surface area contributed by atoms with Crippen LogP contribution in [0.2, 0.25) is 0 Å². The zero-order chi connectivity index (χ0) is 14.7. The van der Waals surface area contributed by atoms with Crippen LogP contribution in [0.1, 0.15) is 23.2 Å². The van der Waals surface area contributed by atoms with Crippen LogP contribution in [0.4, 0.5) is 4.39 Å². The van der Waals surface area contributed by atoms with Crippen LogP contribution in [0.15, 0.2) is 36.7 Å². The Morgan fingerprint density at radius 1 is 1.19 bits per heavy atom. The van der Waals surface area contributed by atoms with Gasteiger partial charge >= 0.3 is 0 Å². The number of benzene rings is 1. The first kappa shape index (κ1) is 13.6. The number of hydrogen-bond donors (Lipinski definition) is 1. The van der Waals surface area contributed by atoms with Gasteiger partial charge in [0.25, 0.3) is 5.91 Å². The molecule has 0 spiro atoms. The average Bonchev–Trinajstić information content (AvgIpc) is 3.00. The molecule has 0 saturated carbocycles. The van der Waals surface area contributed by atoms with E-state index in [1.165, 1.54) is 24.5 Å². The lowest BCUT2D eigenvalue weighted by atomic mass is 10.2. The maximum absolute atomic E-state index is 13.2. The zero-order valence-electron chi connectivity index (χ0n) is 11.4. The third-order valence-electron chi connectivity index (χ3n) is 3.36. The van der Waals surface area contributed by atoms with E-state index in [0.717, 1.165) is 25.9 Å². The van der Waals surface area contributed by atoms with Crippen molar-refractivity contribution < 1.29 is 9.18 Å². The predicted octanol–water partition coefficient (Wildman–Crippen LogP) is 2.02. The molecule has 0 radical (unpaired) electrons. The van der Waals surface area contributed by atoms with Gasteiger partial charge in [-0.3, -0.25) is 10.2 Å². The Balaban J connectivity index is 1.72. The highest BCUT2D eigenvalue weighted by atomic mass is 19.1. The molecule has 108 valence electrons. The summed E-state index contributed by atoms with van der Waals surface area (Å²) in [6.07, 6.45) is 5.10. The van der Waals surface area contributed by atoms with E-state index >= 15 is 0 Å². The first-order chi connectivity index (χ1) is 10.2. The molecule has 1 fully saturated rings. The monoisotopic (exact) mass is 286 g/mol. The van der Waals surface area contributed by atoms with Gasteiger partial charge in [0.05, 0.1) is 5.56 Å². The summed E-state index contributed by atoms with van der Waals surface area (Å²) in [6.45, 7) is 1.74. The number of hydrogen-bond acceptors (Lipinski definition) is 4. The van der Waals surface area contributed by atoms with Gasteiger partial charge in [0.2, 0.25) is 0 Å². The van der Waals surface area contributed by atoms with Gasteiger partial charge in [0.1, 0.15) is 5.82 Å². The SMILES string of the molecule is O=C(NN1CCCC1)c1cnc(-c2cccc(F)c2)nc1. The lowest BCUT2D eigenvalue weighted by Crippen LogP contribution is -2.40. The minimum absolute atomic E-state index is 0.220. The standard InChI is InChI=1S/C15H15FN4O/c16-13-5-3-4-11(8-13)14-17-9-12(10-18-14)15(21)19-20-6-1-2-7-20/h3-5,8-10H,1-2,6-7H2,(H,19,21). The summed E-state index contributed by atoms with van der Waals surface area (Å²) < 4.78 is 13.2. The van der Waals surface area contributed by atoms with Gasteiger partial charge < -0.3 is 0 Å². The van der Waals surface area contributed by atoms with Crippen LogP contribution >= 0.6 is 0 Å². The Morgan fingerprint density at radius 2 is 1.90 bits per heavy atom. The number of nitrogens with zero attached hydrogens (tertiary/aromatic N) is 3. The molecule has 3 rings (SSSR count). The van der Waals surface area contributed by atoms with Crippen molar-refractivity contribution in [1.82, 2.24) is 20.4 Å². The summed E-state index contributed by atoms with van der Waals surface area (Å²) in [5.74, 6) is -0.165. The molecule has 1 aliphatic rings. The van der Waals surface area contributed by atoms with Crippen molar-refractivity contribution >= 4 is 5.91 Å². The van der Waals surface area contributed by atoms with Crippen LogP contribution in [-0.4, -0.2) is 34.0 Å². The molecule has 6 heteroatoms. The molecule has 1 aromatic heterocycles. The van der Waals surface area contributed by atoms with Crippen molar-refractivity contribution in [2.75, 3.05) is 13.1 Å². The third kappa shape index (κ3) is 3.22. The number of nitrogens with one attached hydrogen (secondary N) is 1. The van der Waals surface area contributed by atoms with Crippen LogP contribution in [-0.2, 0) is 0 Å². The van der Waals surface area contributed by atoms with Gasteiger partial charge in [0.15, 0.2) is 5.82 Å². The van der Waals surface area contributed by atoms with Crippen LogP contribution in [0.25, 0.3) is 11.4 Å². The lowest BCUT2D eigenvalue weighted by Gasteiger charge is -2.15. The van der Waals surface area contributed by atoms with Gasteiger partial charge in [-0.2, -0.15) is 0 Å². The number of carbonyl (C=O) groups excluding carboxylic acids is 1. The molecule has 2 heterocycles. The second-order valence-corrected chi connectivity index (χ2v) is 4.94. The maximum atomic E-state index is 13.2. The predicted molar refractivity (Wildman–Crippen MR) is 75.7 cm³/mol. The van der Waals surface area contributed by atoms with Crippen molar-refractivity contribution in [2.24, 2.45) is 0 Å². The molecule has 1 aliphatic heterocycles. The average molecular weight is 286 g/mol. The number of hydrazine groups is 1. The Kier molecular flexibility index (Phi) is 3.87. The van der Waals surface area contributed by atoms with Gasteiger partial charge in [-0.05, 0) is 25.0 Å². The quantitative estimate of drug-likeness (QED) is 0.938. The van der Waals surface area contributed by atoms with E-state index in [4.69, 9.17) is 0 Å².